The van der Waals surface area contributed by atoms with Gasteiger partial charge in [-0.15, -0.1) is 0 Å². The number of ether oxygens (including phenoxy) is 1. The molecule has 2 rings (SSSR count). The lowest BCUT2D eigenvalue weighted by molar-refractivity contribution is 0.415. The topological polar surface area (TPSA) is 21.3 Å². The van der Waals surface area contributed by atoms with Gasteiger partial charge >= 0.3 is 0 Å². The van der Waals surface area contributed by atoms with Crippen LogP contribution in [-0.4, -0.2) is 20.7 Å². The Balaban J connectivity index is 2.19. The predicted octanol–water partition coefficient (Wildman–Crippen LogP) is 3.00. The monoisotopic (exact) mass is 229 g/mol. The van der Waals surface area contributed by atoms with Gasteiger partial charge < -0.3 is 10.1 Å². The second kappa shape index (κ2) is 5.69. The normalized spacial score (nSPS) is 10.7. The molecule has 0 radical (unpaired) electrons. The maximum Gasteiger partial charge on any atom is 0.119 e. The van der Waals surface area contributed by atoms with E-state index < -0.39 is 0 Å². The summed E-state index contributed by atoms with van der Waals surface area (Å²) in [5.74, 6) is 0.917. The predicted molar refractivity (Wildman–Crippen MR) is 72.7 cm³/mol. The molecule has 0 spiro atoms. The largest absolute Gasteiger partial charge is 0.497 e. The third-order valence-electron chi connectivity index (χ3n) is 3.00. The van der Waals surface area contributed by atoms with Gasteiger partial charge in [-0.1, -0.05) is 24.3 Å². The molecule has 2 aromatic carbocycles. The molecule has 0 unspecified atom stereocenters. The van der Waals surface area contributed by atoms with E-state index in [-0.39, 0.29) is 0 Å². The second-order valence-corrected chi connectivity index (χ2v) is 4.25. The molecular formula is C15H19NO. The lowest BCUT2D eigenvalue weighted by Gasteiger charge is -2.05. The Hall–Kier alpha value is -1.54. The minimum absolute atomic E-state index is 0.917. The van der Waals surface area contributed by atoms with E-state index in [9.17, 15) is 0 Å². The van der Waals surface area contributed by atoms with Crippen molar-refractivity contribution in [2.75, 3.05) is 20.7 Å². The second-order valence-electron chi connectivity index (χ2n) is 4.25. The number of fused-ring (bicyclic) bond motifs is 1. The van der Waals surface area contributed by atoms with Gasteiger partial charge in [0, 0.05) is 0 Å². The molecule has 0 atom stereocenters. The minimum atomic E-state index is 0.917. The highest BCUT2D eigenvalue weighted by Gasteiger charge is 1.98. The Morgan fingerprint density at radius 2 is 1.82 bits per heavy atom. The van der Waals surface area contributed by atoms with Crippen LogP contribution in [0.5, 0.6) is 5.75 Å². The van der Waals surface area contributed by atoms with Crippen LogP contribution in [0, 0.1) is 0 Å². The zero-order valence-corrected chi connectivity index (χ0v) is 10.5. The number of methoxy groups -OCH3 is 1. The number of hydrogen-bond donors (Lipinski definition) is 1. The van der Waals surface area contributed by atoms with Crippen molar-refractivity contribution in [1.29, 1.82) is 0 Å². The summed E-state index contributed by atoms with van der Waals surface area (Å²) < 4.78 is 5.22. The summed E-state index contributed by atoms with van der Waals surface area (Å²) in [6.45, 7) is 1.07. The van der Waals surface area contributed by atoms with Crippen LogP contribution in [0.2, 0.25) is 0 Å². The smallest absolute Gasteiger partial charge is 0.119 e. The summed E-state index contributed by atoms with van der Waals surface area (Å²) in [6, 6.07) is 12.9. The van der Waals surface area contributed by atoms with Gasteiger partial charge in [-0.2, -0.15) is 0 Å². The number of benzene rings is 2. The summed E-state index contributed by atoms with van der Waals surface area (Å²) in [4.78, 5) is 0. The van der Waals surface area contributed by atoms with Crippen LogP contribution in [-0.2, 0) is 6.42 Å². The third kappa shape index (κ3) is 2.98. The average Bonchev–Trinajstić information content (AvgIpc) is 2.38. The number of rotatable bonds is 5. The van der Waals surface area contributed by atoms with E-state index in [0.29, 0.717) is 0 Å². The molecule has 0 aliphatic carbocycles. The summed E-state index contributed by atoms with van der Waals surface area (Å²) in [6.07, 6.45) is 2.31. The Morgan fingerprint density at radius 3 is 2.59 bits per heavy atom. The van der Waals surface area contributed by atoms with E-state index in [2.05, 4.69) is 35.6 Å². The van der Waals surface area contributed by atoms with E-state index in [4.69, 9.17) is 4.74 Å². The summed E-state index contributed by atoms with van der Waals surface area (Å²) in [5.41, 5.74) is 1.40. The van der Waals surface area contributed by atoms with Crippen molar-refractivity contribution in [3.05, 3.63) is 42.0 Å². The van der Waals surface area contributed by atoms with Gasteiger partial charge in [0.1, 0.15) is 5.75 Å². The summed E-state index contributed by atoms with van der Waals surface area (Å²) >= 11 is 0. The Bertz CT molecular complexity index is 493. The molecule has 17 heavy (non-hydrogen) atoms. The fourth-order valence-electron chi connectivity index (χ4n) is 2.03. The first-order valence-corrected chi connectivity index (χ1v) is 6.05. The molecular weight excluding hydrogens is 210 g/mol. The highest BCUT2D eigenvalue weighted by atomic mass is 16.5. The van der Waals surface area contributed by atoms with Crippen LogP contribution < -0.4 is 10.1 Å². The molecule has 0 aliphatic heterocycles. The van der Waals surface area contributed by atoms with Crippen molar-refractivity contribution in [1.82, 2.24) is 5.32 Å². The van der Waals surface area contributed by atoms with Crippen molar-refractivity contribution in [2.24, 2.45) is 0 Å². The summed E-state index contributed by atoms with van der Waals surface area (Å²) in [5, 5.41) is 5.70. The zero-order valence-electron chi connectivity index (χ0n) is 10.5. The van der Waals surface area contributed by atoms with Crippen LogP contribution in [0.1, 0.15) is 12.0 Å². The third-order valence-corrected chi connectivity index (χ3v) is 3.00. The molecule has 1 N–H and O–H groups in total. The molecule has 0 fully saturated rings. The molecule has 0 bridgehead atoms. The number of hydrogen-bond acceptors (Lipinski definition) is 2. The molecule has 0 aromatic heterocycles. The van der Waals surface area contributed by atoms with Gasteiger partial charge in [0.25, 0.3) is 0 Å². The Labute approximate surface area is 103 Å². The average molecular weight is 229 g/mol. The van der Waals surface area contributed by atoms with E-state index in [1.165, 1.54) is 22.8 Å². The van der Waals surface area contributed by atoms with Gasteiger partial charge in [0.2, 0.25) is 0 Å². The molecule has 2 nitrogen and oxygen atoms in total. The maximum absolute atomic E-state index is 5.22. The van der Waals surface area contributed by atoms with Gasteiger partial charge in [0.05, 0.1) is 7.11 Å². The molecule has 0 saturated carbocycles. The van der Waals surface area contributed by atoms with Gasteiger partial charge in [-0.3, -0.25) is 0 Å². The Kier molecular flexibility index (Phi) is 3.99. The molecule has 0 saturated heterocycles. The maximum atomic E-state index is 5.22. The van der Waals surface area contributed by atoms with Crippen molar-refractivity contribution in [2.45, 2.75) is 12.8 Å². The number of nitrogens with one attached hydrogen (secondary N) is 1. The van der Waals surface area contributed by atoms with E-state index in [1.807, 2.05) is 13.1 Å². The van der Waals surface area contributed by atoms with Crippen LogP contribution >= 0.6 is 0 Å². The lowest BCUT2D eigenvalue weighted by atomic mass is 10.0. The van der Waals surface area contributed by atoms with Crippen LogP contribution in [0.3, 0.4) is 0 Å². The quantitative estimate of drug-likeness (QED) is 0.796. The van der Waals surface area contributed by atoms with Crippen molar-refractivity contribution < 1.29 is 4.74 Å². The molecule has 0 heterocycles. The molecule has 2 heteroatoms. The fraction of sp³-hybridized carbons (Fsp3) is 0.333. The van der Waals surface area contributed by atoms with Gasteiger partial charge in [-0.25, -0.2) is 0 Å². The molecule has 90 valence electrons. The van der Waals surface area contributed by atoms with Crippen molar-refractivity contribution in [3.63, 3.8) is 0 Å². The molecule has 0 aliphatic rings. The van der Waals surface area contributed by atoms with Gasteiger partial charge in [-0.05, 0) is 54.9 Å². The van der Waals surface area contributed by atoms with Crippen LogP contribution in [0.4, 0.5) is 0 Å². The highest BCUT2D eigenvalue weighted by Crippen LogP contribution is 2.22. The van der Waals surface area contributed by atoms with E-state index >= 15 is 0 Å². The first-order chi connectivity index (χ1) is 8.33. The Morgan fingerprint density at radius 1 is 1.06 bits per heavy atom. The zero-order chi connectivity index (χ0) is 12.1. The fourth-order valence-corrected chi connectivity index (χ4v) is 2.03. The van der Waals surface area contributed by atoms with Crippen LogP contribution in [0.25, 0.3) is 10.8 Å². The highest BCUT2D eigenvalue weighted by molar-refractivity contribution is 5.84. The van der Waals surface area contributed by atoms with Gasteiger partial charge in [0.15, 0.2) is 0 Å². The van der Waals surface area contributed by atoms with Crippen molar-refractivity contribution in [3.8, 4) is 5.75 Å². The molecule has 0 amide bonds. The van der Waals surface area contributed by atoms with E-state index in [1.54, 1.807) is 7.11 Å². The first-order valence-electron chi connectivity index (χ1n) is 6.05. The number of aryl methyl sites for hydroxylation is 1. The van der Waals surface area contributed by atoms with Crippen LogP contribution in [0.15, 0.2) is 36.4 Å². The van der Waals surface area contributed by atoms with Crippen molar-refractivity contribution >= 4 is 10.8 Å². The van der Waals surface area contributed by atoms with E-state index in [0.717, 1.165) is 18.7 Å². The minimum Gasteiger partial charge on any atom is -0.497 e. The standard InChI is InChI=1S/C15H19NO/c1-16-9-3-4-12-5-6-14-11-15(17-2)8-7-13(14)10-12/h5-8,10-11,16H,3-4,9H2,1-2H3. The lowest BCUT2D eigenvalue weighted by Crippen LogP contribution is -2.08. The molecule has 2 aromatic rings. The SMILES string of the molecule is CNCCCc1ccc2cc(OC)ccc2c1. The first kappa shape index (κ1) is 11.9. The summed E-state index contributed by atoms with van der Waals surface area (Å²) in [7, 11) is 3.69.